The lowest BCUT2D eigenvalue weighted by atomic mass is 9.97. The summed E-state index contributed by atoms with van der Waals surface area (Å²) in [5.74, 6) is 2.24. The highest BCUT2D eigenvalue weighted by Gasteiger charge is 2.28. The molecule has 1 amide bonds. The molecule has 1 saturated heterocycles. The maximum absolute atomic E-state index is 12.8. The van der Waals surface area contributed by atoms with Crippen LogP contribution in [0.2, 0.25) is 0 Å². The number of carbonyl (C=O) groups excluding carboxylic acids is 1. The van der Waals surface area contributed by atoms with E-state index in [2.05, 4.69) is 15.1 Å². The molecule has 4 rings (SSSR count). The second-order valence-electron chi connectivity index (χ2n) is 6.83. The topological polar surface area (TPSA) is 90.6 Å². The SMILES string of the molecule is COc1ccc(C(=O)N2CCCC(c3noc(COc4ccccc4)n3)C2)cn1. The number of amides is 1. The number of aromatic nitrogens is 3. The molecule has 8 nitrogen and oxygen atoms in total. The molecular weight excluding hydrogens is 372 g/mol. The minimum absolute atomic E-state index is 0.0353. The van der Waals surface area contributed by atoms with Crippen LogP contribution in [0.15, 0.2) is 53.2 Å². The standard InChI is InChI=1S/C21H22N4O4/c1-27-18-10-9-15(12-22-18)21(26)25-11-5-6-16(13-25)20-23-19(29-24-20)14-28-17-7-3-2-4-8-17/h2-4,7-10,12,16H,5-6,11,13-14H2,1H3. The average Bonchev–Trinajstić information content (AvgIpc) is 3.27. The van der Waals surface area contributed by atoms with E-state index >= 15 is 0 Å². The molecule has 3 heterocycles. The van der Waals surface area contributed by atoms with Crippen LogP contribution in [0.1, 0.15) is 40.8 Å². The molecule has 0 aliphatic carbocycles. The highest BCUT2D eigenvalue weighted by molar-refractivity contribution is 5.94. The smallest absolute Gasteiger partial charge is 0.264 e. The van der Waals surface area contributed by atoms with Crippen LogP contribution in [-0.2, 0) is 6.61 Å². The van der Waals surface area contributed by atoms with Gasteiger partial charge in [-0.15, -0.1) is 0 Å². The Bertz CT molecular complexity index is 943. The van der Waals surface area contributed by atoms with Crippen LogP contribution in [0.25, 0.3) is 0 Å². The zero-order valence-electron chi connectivity index (χ0n) is 16.2. The van der Waals surface area contributed by atoms with Gasteiger partial charge in [0.1, 0.15) is 5.75 Å². The average molecular weight is 394 g/mol. The summed E-state index contributed by atoms with van der Waals surface area (Å²) in [6.07, 6.45) is 3.33. The van der Waals surface area contributed by atoms with Crippen molar-refractivity contribution in [3.8, 4) is 11.6 Å². The van der Waals surface area contributed by atoms with Crippen molar-refractivity contribution in [2.75, 3.05) is 20.2 Å². The highest BCUT2D eigenvalue weighted by Crippen LogP contribution is 2.26. The Hall–Kier alpha value is -3.42. The molecule has 1 atom stereocenters. The molecule has 0 spiro atoms. The summed E-state index contributed by atoms with van der Waals surface area (Å²) >= 11 is 0. The van der Waals surface area contributed by atoms with Crippen molar-refractivity contribution in [2.45, 2.75) is 25.4 Å². The Morgan fingerprint density at radius 2 is 2.10 bits per heavy atom. The molecule has 0 saturated carbocycles. The summed E-state index contributed by atoms with van der Waals surface area (Å²) in [6.45, 7) is 1.45. The first kappa shape index (κ1) is 18.9. The molecule has 1 aliphatic rings. The summed E-state index contributed by atoms with van der Waals surface area (Å²) in [6, 6.07) is 12.9. The molecule has 1 aliphatic heterocycles. The zero-order chi connectivity index (χ0) is 20.1. The first-order chi connectivity index (χ1) is 14.2. The van der Waals surface area contributed by atoms with Crippen molar-refractivity contribution < 1.29 is 18.8 Å². The third kappa shape index (κ3) is 4.53. The number of carbonyl (C=O) groups is 1. The van der Waals surface area contributed by atoms with Gasteiger partial charge in [0.25, 0.3) is 11.8 Å². The number of hydrogen-bond acceptors (Lipinski definition) is 7. The van der Waals surface area contributed by atoms with E-state index in [4.69, 9.17) is 14.0 Å². The Kier molecular flexibility index (Phi) is 5.69. The predicted molar refractivity (Wildman–Crippen MR) is 104 cm³/mol. The second-order valence-corrected chi connectivity index (χ2v) is 6.83. The number of pyridine rings is 1. The number of hydrogen-bond donors (Lipinski definition) is 0. The molecule has 3 aromatic rings. The van der Waals surface area contributed by atoms with Crippen LogP contribution in [0.4, 0.5) is 0 Å². The quantitative estimate of drug-likeness (QED) is 0.634. The molecule has 29 heavy (non-hydrogen) atoms. The lowest BCUT2D eigenvalue weighted by molar-refractivity contribution is 0.0703. The number of rotatable bonds is 6. The van der Waals surface area contributed by atoms with Gasteiger partial charge in [-0.2, -0.15) is 4.98 Å². The number of likely N-dealkylation sites (tertiary alicyclic amines) is 1. The van der Waals surface area contributed by atoms with Gasteiger partial charge in [0, 0.05) is 31.3 Å². The number of piperidine rings is 1. The molecule has 1 aromatic carbocycles. The molecule has 150 valence electrons. The van der Waals surface area contributed by atoms with Crippen LogP contribution < -0.4 is 9.47 Å². The van der Waals surface area contributed by atoms with E-state index in [1.807, 2.05) is 35.2 Å². The second kappa shape index (κ2) is 8.72. The van der Waals surface area contributed by atoms with Crippen molar-refractivity contribution in [1.29, 1.82) is 0 Å². The molecule has 0 N–H and O–H groups in total. The predicted octanol–water partition coefficient (Wildman–Crippen LogP) is 3.07. The molecule has 0 bridgehead atoms. The van der Waals surface area contributed by atoms with E-state index in [0.717, 1.165) is 18.6 Å². The highest BCUT2D eigenvalue weighted by atomic mass is 16.5. The molecular formula is C21H22N4O4. The van der Waals surface area contributed by atoms with E-state index in [9.17, 15) is 4.79 Å². The Morgan fingerprint density at radius 3 is 2.86 bits per heavy atom. The number of ether oxygens (including phenoxy) is 2. The maximum Gasteiger partial charge on any atom is 0.264 e. The molecule has 2 aromatic heterocycles. The van der Waals surface area contributed by atoms with Crippen molar-refractivity contribution in [1.82, 2.24) is 20.0 Å². The van der Waals surface area contributed by atoms with E-state index in [1.54, 1.807) is 19.2 Å². The number of nitrogens with zero attached hydrogens (tertiary/aromatic N) is 4. The van der Waals surface area contributed by atoms with Gasteiger partial charge in [0.05, 0.1) is 12.7 Å². The summed E-state index contributed by atoms with van der Waals surface area (Å²) < 4.78 is 16.0. The molecule has 1 unspecified atom stereocenters. The fourth-order valence-electron chi connectivity index (χ4n) is 3.34. The van der Waals surface area contributed by atoms with Gasteiger partial charge in [0.15, 0.2) is 12.4 Å². The summed E-state index contributed by atoms with van der Waals surface area (Å²) in [7, 11) is 1.54. The van der Waals surface area contributed by atoms with Gasteiger partial charge in [-0.25, -0.2) is 4.98 Å². The fourth-order valence-corrected chi connectivity index (χ4v) is 3.34. The zero-order valence-corrected chi connectivity index (χ0v) is 16.2. The summed E-state index contributed by atoms with van der Waals surface area (Å²) in [5, 5.41) is 4.11. The van der Waals surface area contributed by atoms with Crippen LogP contribution in [-0.4, -0.2) is 46.1 Å². The van der Waals surface area contributed by atoms with E-state index < -0.39 is 0 Å². The molecule has 8 heteroatoms. The number of methoxy groups -OCH3 is 1. The van der Waals surface area contributed by atoms with Gasteiger partial charge in [-0.1, -0.05) is 23.4 Å². The number of para-hydroxylation sites is 1. The Labute approximate surface area is 168 Å². The molecule has 1 fully saturated rings. The van der Waals surface area contributed by atoms with Gasteiger partial charge in [0.2, 0.25) is 5.88 Å². The molecule has 0 radical (unpaired) electrons. The minimum atomic E-state index is -0.0546. The van der Waals surface area contributed by atoms with Gasteiger partial charge < -0.3 is 18.9 Å². The van der Waals surface area contributed by atoms with Crippen molar-refractivity contribution in [3.05, 3.63) is 65.9 Å². The first-order valence-corrected chi connectivity index (χ1v) is 9.52. The van der Waals surface area contributed by atoms with Crippen molar-refractivity contribution >= 4 is 5.91 Å². The van der Waals surface area contributed by atoms with E-state index in [0.29, 0.717) is 36.2 Å². The van der Waals surface area contributed by atoms with Crippen molar-refractivity contribution in [3.63, 3.8) is 0 Å². The van der Waals surface area contributed by atoms with Gasteiger partial charge in [-0.3, -0.25) is 4.79 Å². The minimum Gasteiger partial charge on any atom is -0.484 e. The normalized spacial score (nSPS) is 16.4. The largest absolute Gasteiger partial charge is 0.484 e. The lowest BCUT2D eigenvalue weighted by Crippen LogP contribution is -2.39. The lowest BCUT2D eigenvalue weighted by Gasteiger charge is -2.31. The van der Waals surface area contributed by atoms with E-state index in [1.165, 1.54) is 6.20 Å². The van der Waals surface area contributed by atoms with Crippen LogP contribution in [0, 0.1) is 0 Å². The third-order valence-corrected chi connectivity index (χ3v) is 4.86. The van der Waals surface area contributed by atoms with Crippen LogP contribution in [0.5, 0.6) is 11.6 Å². The maximum atomic E-state index is 12.8. The Balaban J connectivity index is 1.38. The monoisotopic (exact) mass is 394 g/mol. The van der Waals surface area contributed by atoms with Crippen LogP contribution >= 0.6 is 0 Å². The summed E-state index contributed by atoms with van der Waals surface area (Å²) in [5.41, 5.74) is 0.538. The third-order valence-electron chi connectivity index (χ3n) is 4.86. The summed E-state index contributed by atoms with van der Waals surface area (Å²) in [4.78, 5) is 23.2. The van der Waals surface area contributed by atoms with Crippen LogP contribution in [0.3, 0.4) is 0 Å². The van der Waals surface area contributed by atoms with Crippen molar-refractivity contribution in [2.24, 2.45) is 0 Å². The van der Waals surface area contributed by atoms with E-state index in [-0.39, 0.29) is 18.4 Å². The fraction of sp³-hybridized carbons (Fsp3) is 0.333. The van der Waals surface area contributed by atoms with Gasteiger partial charge >= 0.3 is 0 Å². The van der Waals surface area contributed by atoms with Gasteiger partial charge in [-0.05, 0) is 31.0 Å². The first-order valence-electron chi connectivity index (χ1n) is 9.52. The number of benzene rings is 1. The Morgan fingerprint density at radius 1 is 1.24 bits per heavy atom.